The first kappa shape index (κ1) is 22.3. The van der Waals surface area contributed by atoms with Crippen LogP contribution in [0.1, 0.15) is 21.9 Å². The van der Waals surface area contributed by atoms with Gasteiger partial charge < -0.3 is 14.8 Å². The molecule has 1 atom stereocenters. The number of amides is 1. The molecule has 0 radical (unpaired) electrons. The molecule has 172 valence electrons. The van der Waals surface area contributed by atoms with Crippen LogP contribution in [0.15, 0.2) is 78.9 Å². The molecule has 0 fully saturated rings. The number of benzene rings is 3. The Kier molecular flexibility index (Phi) is 6.38. The van der Waals surface area contributed by atoms with E-state index in [0.717, 1.165) is 39.4 Å². The van der Waals surface area contributed by atoms with Gasteiger partial charge in [-0.2, -0.15) is 5.10 Å². The molecule has 1 unspecified atom stereocenters. The Balaban J connectivity index is 1.75. The quantitative estimate of drug-likeness (QED) is 0.404. The number of para-hydroxylation sites is 1. The second kappa shape index (κ2) is 9.75. The highest BCUT2D eigenvalue weighted by Crippen LogP contribution is 2.47. The topological polar surface area (TPSA) is 65.4 Å². The van der Waals surface area contributed by atoms with Crippen molar-refractivity contribution in [3.63, 3.8) is 0 Å². The van der Waals surface area contributed by atoms with Crippen LogP contribution in [0.25, 0.3) is 16.9 Å². The lowest BCUT2D eigenvalue weighted by atomic mass is 9.98. The van der Waals surface area contributed by atoms with E-state index in [-0.39, 0.29) is 11.2 Å². The summed E-state index contributed by atoms with van der Waals surface area (Å²) in [4.78, 5) is 12.8. The Morgan fingerprint density at radius 3 is 2.47 bits per heavy atom. The predicted octanol–water partition coefficient (Wildman–Crippen LogP) is 5.47. The predicted molar refractivity (Wildman–Crippen MR) is 136 cm³/mol. The van der Waals surface area contributed by atoms with E-state index < -0.39 is 0 Å². The van der Waals surface area contributed by atoms with Crippen LogP contribution in [0, 0.1) is 0 Å². The van der Waals surface area contributed by atoms with Crippen LogP contribution in [0.2, 0.25) is 0 Å². The summed E-state index contributed by atoms with van der Waals surface area (Å²) in [6.07, 6.45) is 0. The van der Waals surface area contributed by atoms with Crippen molar-refractivity contribution in [1.29, 1.82) is 0 Å². The Labute approximate surface area is 202 Å². The number of carbonyl (C=O) groups excluding carboxylic acids is 1. The molecule has 1 aromatic heterocycles. The number of hydrogen-bond donors (Lipinski definition) is 1. The van der Waals surface area contributed by atoms with Gasteiger partial charge in [0, 0.05) is 23.8 Å². The molecule has 0 spiro atoms. The average molecular weight is 472 g/mol. The molecule has 1 N–H and O–H groups in total. The Bertz CT molecular complexity index is 1310. The minimum Gasteiger partial charge on any atom is -0.496 e. The van der Waals surface area contributed by atoms with Gasteiger partial charge in [0.15, 0.2) is 0 Å². The fourth-order valence-electron chi connectivity index (χ4n) is 4.27. The van der Waals surface area contributed by atoms with Gasteiger partial charge in [-0.05, 0) is 29.8 Å². The van der Waals surface area contributed by atoms with Crippen LogP contribution in [0.3, 0.4) is 0 Å². The normalized spacial score (nSPS) is 15.4. The maximum absolute atomic E-state index is 12.8. The fourth-order valence-corrected chi connectivity index (χ4v) is 5.39. The number of hydrogen-bond acceptors (Lipinski definition) is 5. The summed E-state index contributed by atoms with van der Waals surface area (Å²) in [5.41, 5.74) is 5.76. The highest BCUT2D eigenvalue weighted by atomic mass is 32.2. The van der Waals surface area contributed by atoms with Crippen molar-refractivity contribution in [2.24, 2.45) is 0 Å². The first-order valence-electron chi connectivity index (χ1n) is 11.0. The van der Waals surface area contributed by atoms with Gasteiger partial charge in [0.1, 0.15) is 11.6 Å². The smallest absolute Gasteiger partial charge is 0.235 e. The van der Waals surface area contributed by atoms with E-state index in [0.29, 0.717) is 18.2 Å². The first-order chi connectivity index (χ1) is 16.7. The summed E-state index contributed by atoms with van der Waals surface area (Å²) >= 11 is 1.60. The van der Waals surface area contributed by atoms with E-state index in [4.69, 9.17) is 14.6 Å². The summed E-state index contributed by atoms with van der Waals surface area (Å²) in [6, 6.07) is 26.1. The molecule has 0 bridgehead atoms. The molecule has 0 aliphatic carbocycles. The van der Waals surface area contributed by atoms with Crippen LogP contribution in [0.5, 0.6) is 5.75 Å². The third-order valence-corrected chi connectivity index (χ3v) is 7.05. The molecule has 1 aliphatic rings. The van der Waals surface area contributed by atoms with Crippen molar-refractivity contribution in [1.82, 2.24) is 9.78 Å². The van der Waals surface area contributed by atoms with E-state index >= 15 is 0 Å². The van der Waals surface area contributed by atoms with Gasteiger partial charge in [-0.3, -0.25) is 4.79 Å². The standard InChI is InChI=1S/C27H25N3O3S/c1-32-16-20-15-19(13-14-22(20)33-2)26-24-25(18-9-5-3-6-10-18)29-30(21-11-7-4-8-12-21)27(24)28-23(31)17-34-26/h3-15,26H,16-17H2,1-2H3,(H,28,31). The molecule has 0 saturated heterocycles. The average Bonchev–Trinajstić information content (AvgIpc) is 3.15. The molecule has 4 aromatic rings. The lowest BCUT2D eigenvalue weighted by molar-refractivity contribution is -0.113. The highest BCUT2D eigenvalue weighted by Gasteiger charge is 2.32. The van der Waals surface area contributed by atoms with Crippen molar-refractivity contribution >= 4 is 23.5 Å². The number of carbonyl (C=O) groups is 1. The van der Waals surface area contributed by atoms with Crippen molar-refractivity contribution in [3.05, 3.63) is 95.6 Å². The van der Waals surface area contributed by atoms with Crippen LogP contribution in [-0.4, -0.2) is 35.7 Å². The zero-order valence-electron chi connectivity index (χ0n) is 19.0. The monoisotopic (exact) mass is 471 g/mol. The largest absolute Gasteiger partial charge is 0.496 e. The van der Waals surface area contributed by atoms with Gasteiger partial charge in [-0.1, -0.05) is 54.6 Å². The maximum atomic E-state index is 12.8. The van der Waals surface area contributed by atoms with Gasteiger partial charge in [0.05, 0.1) is 36.1 Å². The minimum absolute atomic E-state index is 0.0453. The summed E-state index contributed by atoms with van der Waals surface area (Å²) in [6.45, 7) is 0.438. The van der Waals surface area contributed by atoms with Crippen LogP contribution >= 0.6 is 11.8 Å². The lowest BCUT2D eigenvalue weighted by Gasteiger charge is -2.18. The molecule has 0 saturated carbocycles. The van der Waals surface area contributed by atoms with Crippen molar-refractivity contribution < 1.29 is 14.3 Å². The maximum Gasteiger partial charge on any atom is 0.235 e. The zero-order valence-corrected chi connectivity index (χ0v) is 19.8. The van der Waals surface area contributed by atoms with E-state index in [1.54, 1.807) is 26.0 Å². The number of nitrogens with zero attached hydrogens (tertiary/aromatic N) is 2. The Hall–Kier alpha value is -3.55. The number of anilines is 1. The second-order valence-corrected chi connectivity index (χ2v) is 9.06. The van der Waals surface area contributed by atoms with Crippen molar-refractivity contribution in [2.45, 2.75) is 11.9 Å². The van der Waals surface area contributed by atoms with E-state index in [2.05, 4.69) is 29.6 Å². The molecule has 1 aliphatic heterocycles. The first-order valence-corrected chi connectivity index (χ1v) is 12.1. The third-order valence-electron chi connectivity index (χ3n) is 5.78. The minimum atomic E-state index is -0.108. The van der Waals surface area contributed by atoms with Crippen LogP contribution in [-0.2, 0) is 16.1 Å². The number of thioether (sulfide) groups is 1. The van der Waals surface area contributed by atoms with E-state index in [9.17, 15) is 4.79 Å². The molecule has 1 amide bonds. The number of nitrogens with one attached hydrogen (secondary N) is 1. The lowest BCUT2D eigenvalue weighted by Crippen LogP contribution is -2.15. The number of aromatic nitrogens is 2. The molecular weight excluding hydrogens is 446 g/mol. The van der Waals surface area contributed by atoms with Gasteiger partial charge in [0.25, 0.3) is 0 Å². The van der Waals surface area contributed by atoms with Gasteiger partial charge >= 0.3 is 0 Å². The van der Waals surface area contributed by atoms with Gasteiger partial charge in [-0.25, -0.2) is 4.68 Å². The molecule has 7 heteroatoms. The number of ether oxygens (including phenoxy) is 2. The zero-order chi connectivity index (χ0) is 23.5. The molecule has 6 nitrogen and oxygen atoms in total. The van der Waals surface area contributed by atoms with Crippen LogP contribution < -0.4 is 10.1 Å². The highest BCUT2D eigenvalue weighted by molar-refractivity contribution is 8.00. The number of rotatable bonds is 6. The molecule has 34 heavy (non-hydrogen) atoms. The fraction of sp³-hybridized carbons (Fsp3) is 0.185. The van der Waals surface area contributed by atoms with Gasteiger partial charge in [0.2, 0.25) is 5.91 Å². The second-order valence-electron chi connectivity index (χ2n) is 7.97. The SMILES string of the molecule is COCc1cc(C2SCC(=O)Nc3c2c(-c2ccccc2)nn3-c2ccccc2)ccc1OC. The Morgan fingerprint density at radius 2 is 1.76 bits per heavy atom. The summed E-state index contributed by atoms with van der Waals surface area (Å²) < 4.78 is 12.8. The van der Waals surface area contributed by atoms with E-state index in [1.807, 2.05) is 59.3 Å². The summed E-state index contributed by atoms with van der Waals surface area (Å²) in [5, 5.41) is 8.04. The van der Waals surface area contributed by atoms with Crippen molar-refractivity contribution in [2.75, 3.05) is 25.3 Å². The van der Waals surface area contributed by atoms with Gasteiger partial charge in [-0.15, -0.1) is 11.8 Å². The molecule has 2 heterocycles. The number of methoxy groups -OCH3 is 2. The number of fused-ring (bicyclic) bond motifs is 1. The summed E-state index contributed by atoms with van der Waals surface area (Å²) in [5.74, 6) is 1.78. The Morgan fingerprint density at radius 1 is 1.03 bits per heavy atom. The molecular formula is C27H25N3O3S. The summed E-state index contributed by atoms with van der Waals surface area (Å²) in [7, 11) is 3.33. The van der Waals surface area contributed by atoms with Crippen molar-refractivity contribution in [3.8, 4) is 22.7 Å². The molecule has 3 aromatic carbocycles. The third kappa shape index (κ3) is 4.20. The van der Waals surface area contributed by atoms with Crippen LogP contribution in [0.4, 0.5) is 5.82 Å². The molecule has 5 rings (SSSR count). The van der Waals surface area contributed by atoms with E-state index in [1.165, 1.54) is 0 Å².